The van der Waals surface area contributed by atoms with Crippen molar-refractivity contribution in [3.8, 4) is 0 Å². The Morgan fingerprint density at radius 2 is 2.17 bits per heavy atom. The minimum absolute atomic E-state index is 0.0847. The van der Waals surface area contributed by atoms with Gasteiger partial charge in [-0.25, -0.2) is 4.98 Å². The molecule has 0 radical (unpaired) electrons. The molecule has 1 amide bonds. The Morgan fingerprint density at radius 1 is 1.39 bits per heavy atom. The van der Waals surface area contributed by atoms with E-state index < -0.39 is 0 Å². The highest BCUT2D eigenvalue weighted by atomic mass is 16.1. The number of hydrogen-bond donors (Lipinski definition) is 1. The lowest BCUT2D eigenvalue weighted by Gasteiger charge is -2.10. The highest BCUT2D eigenvalue weighted by molar-refractivity contribution is 5.82. The Labute approximate surface area is 137 Å². The number of nitrogens with zero attached hydrogens (tertiary/aromatic N) is 3. The molecule has 1 aromatic carbocycles. The van der Waals surface area contributed by atoms with Gasteiger partial charge in [0.05, 0.1) is 17.5 Å². The molecule has 1 aliphatic carbocycles. The summed E-state index contributed by atoms with van der Waals surface area (Å²) >= 11 is 0. The number of carbonyl (C=O) groups excluding carboxylic acids is 1. The molecule has 0 atom stereocenters. The summed E-state index contributed by atoms with van der Waals surface area (Å²) in [6, 6.07) is 6.18. The monoisotopic (exact) mass is 314 g/mol. The molecule has 0 bridgehead atoms. The summed E-state index contributed by atoms with van der Waals surface area (Å²) in [6.07, 6.45) is 3.90. The first-order valence-electron chi connectivity index (χ1n) is 8.41. The third-order valence-electron chi connectivity index (χ3n) is 4.39. The number of hydrogen-bond acceptors (Lipinski definition) is 3. The van der Waals surface area contributed by atoms with Crippen LogP contribution in [0.4, 0.5) is 0 Å². The Morgan fingerprint density at radius 3 is 2.87 bits per heavy atom. The summed E-state index contributed by atoms with van der Waals surface area (Å²) in [6.45, 7) is 1.72. The number of rotatable bonds is 7. The van der Waals surface area contributed by atoms with Crippen molar-refractivity contribution in [2.24, 2.45) is 7.05 Å². The summed E-state index contributed by atoms with van der Waals surface area (Å²) in [5.41, 5.74) is 3.19. The van der Waals surface area contributed by atoms with Crippen LogP contribution in [0.1, 0.15) is 36.6 Å². The second-order valence-electron chi connectivity index (χ2n) is 6.81. The molecule has 2 aromatic rings. The van der Waals surface area contributed by atoms with E-state index in [0.29, 0.717) is 12.3 Å². The molecular formula is C18H26N4O. The van der Waals surface area contributed by atoms with E-state index in [1.54, 1.807) is 0 Å². The summed E-state index contributed by atoms with van der Waals surface area (Å²) < 4.78 is 2.19. The number of amides is 1. The van der Waals surface area contributed by atoms with Crippen molar-refractivity contribution in [2.75, 3.05) is 27.2 Å². The van der Waals surface area contributed by atoms with Gasteiger partial charge in [0, 0.05) is 19.5 Å². The Balaban J connectivity index is 1.60. The zero-order valence-corrected chi connectivity index (χ0v) is 14.3. The molecular weight excluding hydrogens is 288 g/mol. The topological polar surface area (TPSA) is 50.2 Å². The molecule has 0 unspecified atom stereocenters. The lowest BCUT2D eigenvalue weighted by Crippen LogP contribution is -2.28. The Hall–Kier alpha value is -1.88. The van der Waals surface area contributed by atoms with Crippen molar-refractivity contribution in [1.82, 2.24) is 19.8 Å². The van der Waals surface area contributed by atoms with Gasteiger partial charge in [0.15, 0.2) is 0 Å². The van der Waals surface area contributed by atoms with Crippen molar-refractivity contribution in [3.05, 3.63) is 29.6 Å². The summed E-state index contributed by atoms with van der Waals surface area (Å²) in [4.78, 5) is 18.9. The maximum Gasteiger partial charge on any atom is 0.224 e. The first-order valence-corrected chi connectivity index (χ1v) is 8.41. The first-order chi connectivity index (χ1) is 11.0. The number of aryl methyl sites for hydroxylation is 1. The van der Waals surface area contributed by atoms with Gasteiger partial charge in [-0.3, -0.25) is 4.79 Å². The van der Waals surface area contributed by atoms with Gasteiger partial charge < -0.3 is 14.8 Å². The van der Waals surface area contributed by atoms with Gasteiger partial charge in [0.2, 0.25) is 5.91 Å². The lowest BCUT2D eigenvalue weighted by molar-refractivity contribution is -0.120. The number of aromatic nitrogens is 2. The van der Waals surface area contributed by atoms with Gasteiger partial charge in [0.1, 0.15) is 5.82 Å². The number of benzene rings is 1. The van der Waals surface area contributed by atoms with E-state index in [1.807, 2.05) is 20.2 Å². The van der Waals surface area contributed by atoms with Crippen molar-refractivity contribution < 1.29 is 4.79 Å². The standard InChI is InChI=1S/C18H26N4O/c1-21(2)10-4-9-19-17(23)12-13-5-8-16-15(11-13)20-18(22(16)3)14-6-7-14/h5,8,11,14H,4,6-7,9-10,12H2,1-3H3,(H,19,23). The zero-order valence-electron chi connectivity index (χ0n) is 14.3. The molecule has 1 N–H and O–H groups in total. The molecule has 5 heteroatoms. The van der Waals surface area contributed by atoms with Gasteiger partial charge in [-0.1, -0.05) is 6.07 Å². The van der Waals surface area contributed by atoms with E-state index in [1.165, 1.54) is 18.7 Å². The highest BCUT2D eigenvalue weighted by Crippen LogP contribution is 2.40. The molecule has 1 heterocycles. The smallest absolute Gasteiger partial charge is 0.224 e. The predicted molar refractivity (Wildman–Crippen MR) is 92.6 cm³/mol. The van der Waals surface area contributed by atoms with Crippen LogP contribution in [0.15, 0.2) is 18.2 Å². The quantitative estimate of drug-likeness (QED) is 0.796. The Kier molecular flexibility index (Phi) is 4.66. The van der Waals surface area contributed by atoms with E-state index in [2.05, 4.69) is 34.0 Å². The number of carbonyl (C=O) groups is 1. The van der Waals surface area contributed by atoms with Crippen LogP contribution in [0.25, 0.3) is 11.0 Å². The second kappa shape index (κ2) is 6.71. The van der Waals surface area contributed by atoms with Gasteiger partial charge in [-0.15, -0.1) is 0 Å². The largest absolute Gasteiger partial charge is 0.356 e. The van der Waals surface area contributed by atoms with E-state index >= 15 is 0 Å². The number of nitrogens with one attached hydrogen (secondary N) is 1. The number of imidazole rings is 1. The first kappa shape index (κ1) is 16.0. The van der Waals surface area contributed by atoms with Gasteiger partial charge in [0.25, 0.3) is 0 Å². The van der Waals surface area contributed by atoms with Gasteiger partial charge >= 0.3 is 0 Å². The third kappa shape index (κ3) is 3.91. The van der Waals surface area contributed by atoms with E-state index in [-0.39, 0.29) is 5.91 Å². The SMILES string of the molecule is CN(C)CCCNC(=O)Cc1ccc2c(c1)nc(C1CC1)n2C. The number of fused-ring (bicyclic) bond motifs is 1. The fraction of sp³-hybridized carbons (Fsp3) is 0.556. The fourth-order valence-electron chi connectivity index (χ4n) is 2.95. The fourth-order valence-corrected chi connectivity index (χ4v) is 2.95. The van der Waals surface area contributed by atoms with Gasteiger partial charge in [-0.2, -0.15) is 0 Å². The highest BCUT2D eigenvalue weighted by Gasteiger charge is 2.28. The van der Waals surface area contributed by atoms with Crippen LogP contribution in [0.2, 0.25) is 0 Å². The summed E-state index contributed by atoms with van der Waals surface area (Å²) in [7, 11) is 6.17. The van der Waals surface area contributed by atoms with Crippen molar-refractivity contribution >= 4 is 16.9 Å². The maximum atomic E-state index is 12.0. The van der Waals surface area contributed by atoms with Crippen LogP contribution < -0.4 is 5.32 Å². The molecule has 1 aliphatic rings. The minimum Gasteiger partial charge on any atom is -0.356 e. The van der Waals surface area contributed by atoms with Crippen molar-refractivity contribution in [1.29, 1.82) is 0 Å². The minimum atomic E-state index is 0.0847. The predicted octanol–water partition coefficient (Wildman–Crippen LogP) is 2.06. The lowest BCUT2D eigenvalue weighted by atomic mass is 10.1. The molecule has 0 aliphatic heterocycles. The van der Waals surface area contributed by atoms with Crippen molar-refractivity contribution in [2.45, 2.75) is 31.6 Å². The molecule has 5 nitrogen and oxygen atoms in total. The molecule has 23 heavy (non-hydrogen) atoms. The van der Waals surface area contributed by atoms with Crippen LogP contribution in [0.5, 0.6) is 0 Å². The van der Waals surface area contributed by atoms with Crippen molar-refractivity contribution in [3.63, 3.8) is 0 Å². The van der Waals surface area contributed by atoms with E-state index in [4.69, 9.17) is 4.98 Å². The van der Waals surface area contributed by atoms with Crippen LogP contribution in [-0.4, -0.2) is 47.5 Å². The van der Waals surface area contributed by atoms with Crippen LogP contribution in [0, 0.1) is 0 Å². The molecule has 0 saturated heterocycles. The summed E-state index contributed by atoms with van der Waals surface area (Å²) in [5, 5.41) is 2.99. The molecule has 124 valence electrons. The molecule has 1 fully saturated rings. The second-order valence-corrected chi connectivity index (χ2v) is 6.81. The van der Waals surface area contributed by atoms with E-state index in [0.717, 1.165) is 36.1 Å². The third-order valence-corrected chi connectivity index (χ3v) is 4.39. The molecule has 0 spiro atoms. The normalized spacial score (nSPS) is 14.6. The zero-order chi connectivity index (χ0) is 16.4. The maximum absolute atomic E-state index is 12.0. The van der Waals surface area contributed by atoms with Crippen LogP contribution in [-0.2, 0) is 18.3 Å². The average Bonchev–Trinajstić information content (AvgIpc) is 3.29. The van der Waals surface area contributed by atoms with Crippen LogP contribution in [0.3, 0.4) is 0 Å². The van der Waals surface area contributed by atoms with E-state index in [9.17, 15) is 4.79 Å². The molecule has 1 aromatic heterocycles. The van der Waals surface area contributed by atoms with Crippen LogP contribution >= 0.6 is 0 Å². The molecule has 3 rings (SSSR count). The molecule has 1 saturated carbocycles. The average molecular weight is 314 g/mol. The van der Waals surface area contributed by atoms with Gasteiger partial charge in [-0.05, 0) is 57.6 Å². The summed E-state index contributed by atoms with van der Waals surface area (Å²) in [5.74, 6) is 1.91. The Bertz CT molecular complexity index is 700.